The monoisotopic (exact) mass is 276 g/mol. The van der Waals surface area contributed by atoms with E-state index in [0.29, 0.717) is 12.5 Å². The fraction of sp³-hybridized carbons (Fsp3) is 0.429. The van der Waals surface area contributed by atoms with Crippen molar-refractivity contribution < 1.29 is 9.59 Å². The van der Waals surface area contributed by atoms with Gasteiger partial charge >= 0.3 is 0 Å². The number of anilines is 1. The topological polar surface area (TPSA) is 58.2 Å². The molecule has 1 fully saturated rings. The first kappa shape index (κ1) is 12.5. The molecule has 1 saturated carbocycles. The highest BCUT2D eigenvalue weighted by Crippen LogP contribution is 2.42. The summed E-state index contributed by atoms with van der Waals surface area (Å²) in [6.45, 7) is 2.37. The molecule has 1 atom stereocenters. The van der Waals surface area contributed by atoms with Gasteiger partial charge in [0.15, 0.2) is 4.75 Å². The van der Waals surface area contributed by atoms with Crippen LogP contribution in [0.3, 0.4) is 0 Å². The first-order valence-electron chi connectivity index (χ1n) is 6.47. The Balaban J connectivity index is 1.79. The van der Waals surface area contributed by atoms with Gasteiger partial charge in [-0.15, -0.1) is 0 Å². The lowest BCUT2D eigenvalue weighted by Gasteiger charge is -2.31. The van der Waals surface area contributed by atoms with Gasteiger partial charge in [-0.1, -0.05) is 23.9 Å². The molecule has 2 amide bonds. The maximum atomic E-state index is 12.3. The van der Waals surface area contributed by atoms with Gasteiger partial charge in [-0.25, -0.2) is 0 Å². The Labute approximate surface area is 116 Å². The van der Waals surface area contributed by atoms with E-state index < -0.39 is 4.75 Å². The number of thioether (sulfide) groups is 1. The minimum absolute atomic E-state index is 0.198. The van der Waals surface area contributed by atoms with Crippen molar-refractivity contribution in [1.82, 2.24) is 5.32 Å². The Morgan fingerprint density at radius 1 is 1.47 bits per heavy atom. The number of amides is 2. The summed E-state index contributed by atoms with van der Waals surface area (Å²) in [5, 5.41) is 5.71. The number of carbonyl (C=O) groups is 2. The van der Waals surface area contributed by atoms with E-state index in [0.717, 1.165) is 10.6 Å². The Morgan fingerprint density at radius 2 is 2.21 bits per heavy atom. The molecule has 5 heteroatoms. The number of hydrogen-bond acceptors (Lipinski definition) is 3. The van der Waals surface area contributed by atoms with E-state index in [1.54, 1.807) is 6.92 Å². The highest BCUT2D eigenvalue weighted by Gasteiger charge is 2.45. The van der Waals surface area contributed by atoms with E-state index in [1.165, 1.54) is 24.6 Å². The lowest BCUT2D eigenvalue weighted by Crippen LogP contribution is -2.52. The Morgan fingerprint density at radius 3 is 2.95 bits per heavy atom. The second-order valence-electron chi connectivity index (χ2n) is 5.24. The molecule has 0 radical (unpaired) electrons. The number of fused-ring (bicyclic) bond motifs is 1. The summed E-state index contributed by atoms with van der Waals surface area (Å²) in [5.74, 6) is 0.164. The molecule has 1 aromatic rings. The minimum atomic E-state index is -1.08. The van der Waals surface area contributed by atoms with E-state index in [2.05, 4.69) is 10.6 Å². The van der Waals surface area contributed by atoms with Crippen molar-refractivity contribution in [3.05, 3.63) is 24.3 Å². The van der Waals surface area contributed by atoms with Crippen molar-refractivity contribution in [3.63, 3.8) is 0 Å². The van der Waals surface area contributed by atoms with Crippen LogP contribution in [0, 0.1) is 5.92 Å². The van der Waals surface area contributed by atoms with E-state index in [1.807, 2.05) is 24.3 Å². The summed E-state index contributed by atoms with van der Waals surface area (Å²) in [4.78, 5) is 25.4. The van der Waals surface area contributed by atoms with Crippen LogP contribution in [0.15, 0.2) is 29.2 Å². The maximum absolute atomic E-state index is 12.3. The third-order valence-electron chi connectivity index (χ3n) is 3.56. The second kappa shape index (κ2) is 4.56. The lowest BCUT2D eigenvalue weighted by molar-refractivity contribution is -0.129. The van der Waals surface area contributed by atoms with Crippen molar-refractivity contribution in [2.45, 2.75) is 29.4 Å². The number of hydrogen-bond donors (Lipinski definition) is 2. The summed E-state index contributed by atoms with van der Waals surface area (Å²) < 4.78 is -1.08. The molecule has 0 saturated heterocycles. The molecule has 100 valence electrons. The Kier molecular flexibility index (Phi) is 3.01. The molecule has 2 N–H and O–H groups in total. The van der Waals surface area contributed by atoms with Gasteiger partial charge in [0, 0.05) is 11.4 Å². The van der Waals surface area contributed by atoms with Crippen molar-refractivity contribution in [3.8, 4) is 0 Å². The first-order chi connectivity index (χ1) is 9.09. The summed E-state index contributed by atoms with van der Waals surface area (Å²) >= 11 is 1.32. The van der Waals surface area contributed by atoms with Crippen molar-refractivity contribution in [2.24, 2.45) is 5.92 Å². The molecule has 1 unspecified atom stereocenters. The van der Waals surface area contributed by atoms with Crippen LogP contribution >= 0.6 is 11.8 Å². The van der Waals surface area contributed by atoms with Gasteiger partial charge in [-0.05, 0) is 37.8 Å². The van der Waals surface area contributed by atoms with Gasteiger partial charge in [0.1, 0.15) is 0 Å². The van der Waals surface area contributed by atoms with E-state index in [4.69, 9.17) is 0 Å². The molecule has 0 bridgehead atoms. The summed E-state index contributed by atoms with van der Waals surface area (Å²) in [6.07, 6.45) is 2.36. The first-order valence-corrected chi connectivity index (χ1v) is 7.29. The standard InChI is InChI=1S/C14H16N2O2S/c1-14(12(17)15-8-9-6-7-9)13(18)16-10-4-2-3-5-11(10)19-14/h2-5,9H,6-8H2,1H3,(H,15,17)(H,16,18). The van der Waals surface area contributed by atoms with Crippen LogP contribution in [-0.2, 0) is 9.59 Å². The van der Waals surface area contributed by atoms with Gasteiger partial charge < -0.3 is 10.6 Å². The molecule has 0 spiro atoms. The van der Waals surface area contributed by atoms with Gasteiger partial charge in [-0.2, -0.15) is 0 Å². The molecular weight excluding hydrogens is 260 g/mol. The van der Waals surface area contributed by atoms with Crippen LogP contribution < -0.4 is 10.6 Å². The zero-order valence-corrected chi connectivity index (χ0v) is 11.5. The molecule has 0 aromatic heterocycles. The quantitative estimate of drug-likeness (QED) is 0.830. The SMILES string of the molecule is CC1(C(=O)NCC2CC2)Sc2ccccc2NC1=O. The molecule has 1 heterocycles. The predicted molar refractivity (Wildman–Crippen MR) is 75.1 cm³/mol. The lowest BCUT2D eigenvalue weighted by atomic mass is 10.1. The van der Waals surface area contributed by atoms with E-state index in [9.17, 15) is 9.59 Å². The average molecular weight is 276 g/mol. The number of para-hydroxylation sites is 1. The van der Waals surface area contributed by atoms with Gasteiger partial charge in [0.05, 0.1) is 5.69 Å². The molecule has 4 nitrogen and oxygen atoms in total. The van der Waals surface area contributed by atoms with Crippen LogP contribution in [0.5, 0.6) is 0 Å². The molecule has 19 heavy (non-hydrogen) atoms. The largest absolute Gasteiger partial charge is 0.354 e. The molecular formula is C14H16N2O2S. The molecule has 1 aliphatic carbocycles. The second-order valence-corrected chi connectivity index (χ2v) is 6.70. The number of carbonyl (C=O) groups excluding carboxylic acids is 2. The molecule has 3 rings (SSSR count). The average Bonchev–Trinajstić information content (AvgIpc) is 3.21. The van der Waals surface area contributed by atoms with E-state index in [-0.39, 0.29) is 11.8 Å². The van der Waals surface area contributed by atoms with Crippen LogP contribution in [0.2, 0.25) is 0 Å². The molecule has 2 aliphatic rings. The Hall–Kier alpha value is -1.49. The summed E-state index contributed by atoms with van der Waals surface area (Å²) in [5.41, 5.74) is 0.782. The fourth-order valence-corrected chi connectivity index (χ4v) is 3.17. The fourth-order valence-electron chi connectivity index (χ4n) is 2.04. The van der Waals surface area contributed by atoms with Crippen LogP contribution in [0.25, 0.3) is 0 Å². The third-order valence-corrected chi connectivity index (χ3v) is 4.92. The molecule has 1 aliphatic heterocycles. The predicted octanol–water partition coefficient (Wildman–Crippen LogP) is 2.02. The summed E-state index contributed by atoms with van der Waals surface area (Å²) in [7, 11) is 0. The highest BCUT2D eigenvalue weighted by atomic mass is 32.2. The highest BCUT2D eigenvalue weighted by molar-refractivity contribution is 8.02. The zero-order valence-electron chi connectivity index (χ0n) is 10.7. The minimum Gasteiger partial charge on any atom is -0.354 e. The molecule has 1 aromatic carbocycles. The summed E-state index contributed by atoms with van der Waals surface area (Å²) in [6, 6.07) is 7.55. The number of rotatable bonds is 3. The normalized spacial score (nSPS) is 25.4. The van der Waals surface area contributed by atoms with Gasteiger partial charge in [0.2, 0.25) is 11.8 Å². The van der Waals surface area contributed by atoms with Crippen LogP contribution in [0.4, 0.5) is 5.69 Å². The zero-order chi connectivity index (χ0) is 13.5. The van der Waals surface area contributed by atoms with Crippen molar-refractivity contribution in [2.75, 3.05) is 11.9 Å². The van der Waals surface area contributed by atoms with Gasteiger partial charge in [-0.3, -0.25) is 9.59 Å². The third kappa shape index (κ3) is 2.34. The van der Waals surface area contributed by atoms with E-state index >= 15 is 0 Å². The number of nitrogens with one attached hydrogen (secondary N) is 2. The smallest absolute Gasteiger partial charge is 0.250 e. The van der Waals surface area contributed by atoms with Gasteiger partial charge in [0.25, 0.3) is 0 Å². The van der Waals surface area contributed by atoms with Crippen LogP contribution in [-0.4, -0.2) is 23.1 Å². The van der Waals surface area contributed by atoms with Crippen molar-refractivity contribution in [1.29, 1.82) is 0 Å². The van der Waals surface area contributed by atoms with Crippen molar-refractivity contribution >= 4 is 29.3 Å². The Bertz CT molecular complexity index is 542. The number of benzene rings is 1. The maximum Gasteiger partial charge on any atom is 0.250 e. The van der Waals surface area contributed by atoms with Crippen LogP contribution in [0.1, 0.15) is 19.8 Å².